The van der Waals surface area contributed by atoms with Crippen molar-refractivity contribution in [2.75, 3.05) is 30.6 Å². The molecule has 0 fully saturated rings. The molecule has 3 aromatic rings. The second-order valence-electron chi connectivity index (χ2n) is 7.93. The van der Waals surface area contributed by atoms with Gasteiger partial charge in [-0.1, -0.05) is 12.1 Å². The van der Waals surface area contributed by atoms with Gasteiger partial charge in [0.2, 0.25) is 5.91 Å². The number of hydrogen-bond acceptors (Lipinski definition) is 5. The summed E-state index contributed by atoms with van der Waals surface area (Å²) in [6.07, 6.45) is 2.57. The number of nitrogens with zero attached hydrogens (tertiary/aromatic N) is 3. The lowest BCUT2D eigenvalue weighted by Gasteiger charge is -2.20. The predicted molar refractivity (Wildman–Crippen MR) is 121 cm³/mol. The molecule has 32 heavy (non-hydrogen) atoms. The van der Waals surface area contributed by atoms with E-state index in [0.29, 0.717) is 30.3 Å². The van der Waals surface area contributed by atoms with Crippen LogP contribution in [0.25, 0.3) is 11.1 Å². The third kappa shape index (κ3) is 3.17. The minimum absolute atomic E-state index is 0.0186. The maximum atomic E-state index is 13.1. The summed E-state index contributed by atoms with van der Waals surface area (Å²) in [6.45, 7) is 2.73. The molecule has 0 saturated heterocycles. The van der Waals surface area contributed by atoms with Crippen LogP contribution < -0.4 is 19.3 Å². The number of benzene rings is 2. The van der Waals surface area contributed by atoms with Crippen molar-refractivity contribution in [2.24, 2.45) is 0 Å². The second-order valence-corrected chi connectivity index (χ2v) is 7.93. The number of ether oxygens (including phenoxy) is 2. The first kappa shape index (κ1) is 20.1. The van der Waals surface area contributed by atoms with Crippen molar-refractivity contribution >= 4 is 23.2 Å². The number of rotatable bonds is 4. The monoisotopic (exact) mass is 429 g/mol. The summed E-state index contributed by atoms with van der Waals surface area (Å²) >= 11 is 0. The van der Waals surface area contributed by atoms with Gasteiger partial charge in [0.05, 0.1) is 20.8 Å². The summed E-state index contributed by atoms with van der Waals surface area (Å²) in [5, 5.41) is 0. The normalized spacial score (nSPS) is 14.4. The Bertz CT molecular complexity index is 1250. The van der Waals surface area contributed by atoms with E-state index >= 15 is 0 Å². The van der Waals surface area contributed by atoms with E-state index in [-0.39, 0.29) is 11.8 Å². The fraction of sp³-hybridized carbons (Fsp3) is 0.240. The van der Waals surface area contributed by atoms with Gasteiger partial charge in [0.25, 0.3) is 11.8 Å². The molecular formula is C25H23N3O4. The van der Waals surface area contributed by atoms with Gasteiger partial charge in [0.15, 0.2) is 5.75 Å². The number of carbonyl (C=O) groups is 2. The molecular weight excluding hydrogens is 406 g/mol. The molecule has 2 aromatic carbocycles. The lowest BCUT2D eigenvalue weighted by atomic mass is 10.0. The fourth-order valence-corrected chi connectivity index (χ4v) is 4.46. The van der Waals surface area contributed by atoms with Gasteiger partial charge in [0.1, 0.15) is 0 Å². The third-order valence-electron chi connectivity index (χ3n) is 6.13. The standard InChI is InChI=1S/C25H23N3O4/c1-15(29)27-9-8-16-4-6-20(12-22(16)27)28-14-19-10-17(5-7-21(19)25(28)30)18-11-23(31-2)24(32-3)26-13-18/h4-7,10-13H,8-9,14H2,1-3H3. The zero-order valence-corrected chi connectivity index (χ0v) is 18.2. The lowest BCUT2D eigenvalue weighted by Crippen LogP contribution is -2.26. The van der Waals surface area contributed by atoms with Crippen LogP contribution in [0, 0.1) is 0 Å². The van der Waals surface area contributed by atoms with Crippen LogP contribution in [-0.4, -0.2) is 37.6 Å². The molecule has 0 bridgehead atoms. The van der Waals surface area contributed by atoms with E-state index < -0.39 is 0 Å². The molecule has 0 unspecified atom stereocenters. The first-order chi connectivity index (χ1) is 15.5. The van der Waals surface area contributed by atoms with E-state index in [1.165, 1.54) is 0 Å². The van der Waals surface area contributed by atoms with Crippen molar-refractivity contribution in [1.29, 1.82) is 0 Å². The molecule has 5 rings (SSSR count). The van der Waals surface area contributed by atoms with Gasteiger partial charge in [-0.2, -0.15) is 0 Å². The van der Waals surface area contributed by atoms with Crippen molar-refractivity contribution in [2.45, 2.75) is 19.9 Å². The topological polar surface area (TPSA) is 72.0 Å². The highest BCUT2D eigenvalue weighted by molar-refractivity contribution is 6.10. The summed E-state index contributed by atoms with van der Waals surface area (Å²) in [4.78, 5) is 33.0. The molecule has 2 aliphatic rings. The van der Waals surface area contributed by atoms with Gasteiger partial charge in [-0.25, -0.2) is 4.98 Å². The maximum absolute atomic E-state index is 13.1. The van der Waals surface area contributed by atoms with Crippen LogP contribution in [0.1, 0.15) is 28.4 Å². The highest BCUT2D eigenvalue weighted by Crippen LogP contribution is 2.37. The summed E-state index contributed by atoms with van der Waals surface area (Å²) in [7, 11) is 3.13. The number of amides is 2. The van der Waals surface area contributed by atoms with E-state index in [0.717, 1.165) is 40.0 Å². The molecule has 0 spiro atoms. The first-order valence-electron chi connectivity index (χ1n) is 10.4. The Balaban J connectivity index is 1.46. The highest BCUT2D eigenvalue weighted by Gasteiger charge is 2.31. The van der Waals surface area contributed by atoms with Crippen molar-refractivity contribution in [3.63, 3.8) is 0 Å². The van der Waals surface area contributed by atoms with E-state index in [2.05, 4.69) is 4.98 Å². The Morgan fingerprint density at radius 2 is 1.84 bits per heavy atom. The molecule has 0 saturated carbocycles. The minimum atomic E-state index is -0.0377. The molecule has 0 N–H and O–H groups in total. The van der Waals surface area contributed by atoms with Crippen LogP contribution in [0.4, 0.5) is 11.4 Å². The van der Waals surface area contributed by atoms with Crippen LogP contribution in [0.2, 0.25) is 0 Å². The molecule has 7 nitrogen and oxygen atoms in total. The molecule has 0 aliphatic carbocycles. The van der Waals surface area contributed by atoms with Gasteiger partial charge in [-0.05, 0) is 53.4 Å². The molecule has 162 valence electrons. The number of pyridine rings is 1. The average Bonchev–Trinajstić information content (AvgIpc) is 3.39. The Hall–Kier alpha value is -3.87. The van der Waals surface area contributed by atoms with Gasteiger partial charge in [-0.15, -0.1) is 0 Å². The van der Waals surface area contributed by atoms with Crippen LogP contribution in [0.5, 0.6) is 11.6 Å². The van der Waals surface area contributed by atoms with Crippen LogP contribution in [-0.2, 0) is 17.8 Å². The maximum Gasteiger partial charge on any atom is 0.258 e. The SMILES string of the molecule is COc1cc(-c2ccc3c(c2)CN(c2ccc4c(c2)N(C(C)=O)CC4)C3=O)cnc1OC. The zero-order valence-electron chi connectivity index (χ0n) is 18.2. The summed E-state index contributed by atoms with van der Waals surface area (Å²) in [6, 6.07) is 13.6. The number of methoxy groups -OCH3 is 2. The smallest absolute Gasteiger partial charge is 0.258 e. The van der Waals surface area contributed by atoms with Crippen LogP contribution in [0.15, 0.2) is 48.7 Å². The average molecular weight is 429 g/mol. The minimum Gasteiger partial charge on any atom is -0.491 e. The molecule has 0 radical (unpaired) electrons. The van der Waals surface area contributed by atoms with Gasteiger partial charge < -0.3 is 19.3 Å². The summed E-state index contributed by atoms with van der Waals surface area (Å²) in [5.41, 5.74) is 6.30. The van der Waals surface area contributed by atoms with Crippen molar-refractivity contribution in [1.82, 2.24) is 4.98 Å². The fourth-order valence-electron chi connectivity index (χ4n) is 4.46. The van der Waals surface area contributed by atoms with Crippen LogP contribution >= 0.6 is 0 Å². The molecule has 2 aliphatic heterocycles. The lowest BCUT2D eigenvalue weighted by molar-refractivity contribution is -0.116. The molecule has 0 atom stereocenters. The highest BCUT2D eigenvalue weighted by atomic mass is 16.5. The van der Waals surface area contributed by atoms with Crippen molar-refractivity contribution in [3.05, 3.63) is 65.4 Å². The summed E-state index contributed by atoms with van der Waals surface area (Å²) < 4.78 is 10.6. The number of anilines is 2. The quantitative estimate of drug-likeness (QED) is 0.630. The van der Waals surface area contributed by atoms with Gasteiger partial charge >= 0.3 is 0 Å². The van der Waals surface area contributed by atoms with Gasteiger partial charge in [-0.3, -0.25) is 9.59 Å². The zero-order chi connectivity index (χ0) is 22.4. The van der Waals surface area contributed by atoms with E-state index in [4.69, 9.17) is 9.47 Å². The molecule has 7 heteroatoms. The van der Waals surface area contributed by atoms with Crippen LogP contribution in [0.3, 0.4) is 0 Å². The van der Waals surface area contributed by atoms with Crippen molar-refractivity contribution < 1.29 is 19.1 Å². The first-order valence-corrected chi connectivity index (χ1v) is 10.4. The third-order valence-corrected chi connectivity index (χ3v) is 6.13. The Morgan fingerprint density at radius 1 is 1.00 bits per heavy atom. The van der Waals surface area contributed by atoms with Crippen molar-refractivity contribution in [3.8, 4) is 22.8 Å². The Morgan fingerprint density at radius 3 is 2.59 bits per heavy atom. The van der Waals surface area contributed by atoms with E-state index in [9.17, 15) is 9.59 Å². The van der Waals surface area contributed by atoms with Gasteiger partial charge in [0, 0.05) is 42.2 Å². The number of aromatic nitrogens is 1. The molecule has 3 heterocycles. The number of carbonyl (C=O) groups excluding carboxylic acids is 2. The molecule has 1 aromatic heterocycles. The Labute approximate surface area is 186 Å². The van der Waals surface area contributed by atoms with E-state index in [1.807, 2.05) is 42.5 Å². The molecule has 2 amide bonds. The number of fused-ring (bicyclic) bond motifs is 2. The Kier molecular flexibility index (Phi) is 4.81. The summed E-state index contributed by atoms with van der Waals surface area (Å²) in [5.74, 6) is 0.959. The second kappa shape index (κ2) is 7.67. The predicted octanol–water partition coefficient (Wildman–Crippen LogP) is 3.84. The largest absolute Gasteiger partial charge is 0.491 e. The van der Waals surface area contributed by atoms with E-state index in [1.54, 1.807) is 37.1 Å². The number of hydrogen-bond donors (Lipinski definition) is 0.